The van der Waals surface area contributed by atoms with E-state index in [4.69, 9.17) is 32.7 Å². The van der Waals surface area contributed by atoms with Crippen LogP contribution in [0.4, 0.5) is 0 Å². The van der Waals surface area contributed by atoms with Gasteiger partial charge in [0.2, 0.25) is 0 Å². The van der Waals surface area contributed by atoms with Gasteiger partial charge in [0.05, 0.1) is 17.5 Å². The molecule has 1 saturated heterocycles. The average molecular weight is 360 g/mol. The van der Waals surface area contributed by atoms with E-state index in [1.807, 2.05) is 0 Å². The summed E-state index contributed by atoms with van der Waals surface area (Å²) in [6.45, 7) is 2.95. The van der Waals surface area contributed by atoms with Crippen LogP contribution in [0.5, 0.6) is 5.75 Å². The number of esters is 1. The maximum Gasteiger partial charge on any atom is 0.310 e. The molecule has 1 aliphatic rings. The maximum atomic E-state index is 12.3. The van der Waals surface area contributed by atoms with Crippen molar-refractivity contribution < 1.29 is 19.1 Å². The van der Waals surface area contributed by atoms with Crippen molar-refractivity contribution in [3.63, 3.8) is 0 Å². The number of hydrogen-bond donors (Lipinski definition) is 0. The molecule has 1 amide bonds. The number of nitrogens with zero attached hydrogens (tertiary/aromatic N) is 1. The van der Waals surface area contributed by atoms with Crippen molar-refractivity contribution in [2.45, 2.75) is 19.8 Å². The quantitative estimate of drug-likeness (QED) is 0.757. The number of piperidine rings is 1. The summed E-state index contributed by atoms with van der Waals surface area (Å²) in [6.07, 6.45) is 1.51. The van der Waals surface area contributed by atoms with Crippen molar-refractivity contribution in [2.24, 2.45) is 5.92 Å². The van der Waals surface area contributed by atoms with Crippen LogP contribution in [0.3, 0.4) is 0 Å². The Morgan fingerprint density at radius 3 is 2.87 bits per heavy atom. The number of benzene rings is 1. The van der Waals surface area contributed by atoms with Crippen LogP contribution in [0, 0.1) is 5.92 Å². The van der Waals surface area contributed by atoms with E-state index in [1.165, 1.54) is 0 Å². The highest BCUT2D eigenvalue weighted by Gasteiger charge is 2.29. The number of rotatable bonds is 5. The van der Waals surface area contributed by atoms with Crippen LogP contribution in [-0.4, -0.2) is 43.1 Å². The zero-order valence-electron chi connectivity index (χ0n) is 12.9. The van der Waals surface area contributed by atoms with E-state index in [0.717, 1.165) is 12.8 Å². The van der Waals surface area contributed by atoms with Gasteiger partial charge < -0.3 is 14.4 Å². The lowest BCUT2D eigenvalue weighted by molar-refractivity contribution is -0.151. The molecule has 2 rings (SSSR count). The molecule has 1 aliphatic heterocycles. The monoisotopic (exact) mass is 359 g/mol. The number of carbonyl (C=O) groups excluding carboxylic acids is 2. The molecule has 0 spiro atoms. The minimum absolute atomic E-state index is 0.143. The molecular weight excluding hydrogens is 341 g/mol. The molecule has 1 atom stereocenters. The molecule has 1 aromatic carbocycles. The Bertz CT molecular complexity index is 579. The number of halogens is 2. The molecule has 5 nitrogen and oxygen atoms in total. The lowest BCUT2D eigenvalue weighted by atomic mass is 9.98. The van der Waals surface area contributed by atoms with E-state index < -0.39 is 0 Å². The number of likely N-dealkylation sites (tertiary alicyclic amines) is 1. The highest BCUT2D eigenvalue weighted by atomic mass is 35.5. The maximum absolute atomic E-state index is 12.3. The van der Waals surface area contributed by atoms with E-state index in [0.29, 0.717) is 35.5 Å². The van der Waals surface area contributed by atoms with Gasteiger partial charge in [-0.15, -0.1) is 0 Å². The predicted molar refractivity (Wildman–Crippen MR) is 87.9 cm³/mol. The average Bonchev–Trinajstić information content (AvgIpc) is 2.55. The van der Waals surface area contributed by atoms with Crippen molar-refractivity contribution in [1.29, 1.82) is 0 Å². The zero-order chi connectivity index (χ0) is 16.8. The Balaban J connectivity index is 1.90. The highest BCUT2D eigenvalue weighted by Crippen LogP contribution is 2.27. The first-order valence-electron chi connectivity index (χ1n) is 7.53. The van der Waals surface area contributed by atoms with Crippen LogP contribution in [0.2, 0.25) is 10.0 Å². The first-order chi connectivity index (χ1) is 11.0. The number of hydrogen-bond acceptors (Lipinski definition) is 4. The van der Waals surface area contributed by atoms with Gasteiger partial charge in [0, 0.05) is 24.2 Å². The van der Waals surface area contributed by atoms with Gasteiger partial charge in [0.1, 0.15) is 5.75 Å². The molecule has 0 bridgehead atoms. The summed E-state index contributed by atoms with van der Waals surface area (Å²) in [7, 11) is 0. The Kier molecular flexibility index (Phi) is 6.54. The minimum atomic E-state index is -0.262. The van der Waals surface area contributed by atoms with Crippen molar-refractivity contribution in [1.82, 2.24) is 4.90 Å². The fraction of sp³-hybridized carbons (Fsp3) is 0.500. The highest BCUT2D eigenvalue weighted by molar-refractivity contribution is 6.34. The van der Waals surface area contributed by atoms with Gasteiger partial charge in [-0.05, 0) is 31.9 Å². The summed E-state index contributed by atoms with van der Waals surface area (Å²) < 4.78 is 10.5. The van der Waals surface area contributed by atoms with Gasteiger partial charge in [-0.25, -0.2) is 0 Å². The van der Waals surface area contributed by atoms with E-state index in [9.17, 15) is 9.59 Å². The summed E-state index contributed by atoms with van der Waals surface area (Å²) in [4.78, 5) is 25.7. The van der Waals surface area contributed by atoms with Gasteiger partial charge in [0.15, 0.2) is 6.61 Å². The largest absolute Gasteiger partial charge is 0.482 e. The number of ether oxygens (including phenoxy) is 2. The fourth-order valence-corrected chi connectivity index (χ4v) is 2.81. The summed E-state index contributed by atoms with van der Waals surface area (Å²) in [5.74, 6) is -0.326. The second-order valence-electron chi connectivity index (χ2n) is 5.29. The van der Waals surface area contributed by atoms with E-state index in [1.54, 1.807) is 30.0 Å². The van der Waals surface area contributed by atoms with Crippen LogP contribution >= 0.6 is 23.2 Å². The Hall–Kier alpha value is -1.46. The topological polar surface area (TPSA) is 55.8 Å². The molecule has 7 heteroatoms. The van der Waals surface area contributed by atoms with Crippen molar-refractivity contribution >= 4 is 35.1 Å². The number of carbonyl (C=O) groups is 2. The summed E-state index contributed by atoms with van der Waals surface area (Å²) in [6, 6.07) is 4.82. The van der Waals surface area contributed by atoms with Crippen LogP contribution in [0.1, 0.15) is 19.8 Å². The second-order valence-corrected chi connectivity index (χ2v) is 6.14. The third kappa shape index (κ3) is 5.01. The van der Waals surface area contributed by atoms with Gasteiger partial charge in [-0.2, -0.15) is 0 Å². The summed E-state index contributed by atoms with van der Waals surface area (Å²) in [5.41, 5.74) is 0. The van der Waals surface area contributed by atoms with Gasteiger partial charge in [-0.3, -0.25) is 9.59 Å². The second kappa shape index (κ2) is 8.41. The molecular formula is C16H19Cl2NO4. The predicted octanol–water partition coefficient (Wildman–Crippen LogP) is 3.17. The normalized spacial score (nSPS) is 17.7. The van der Waals surface area contributed by atoms with Gasteiger partial charge in [0.25, 0.3) is 5.91 Å². The molecule has 1 aromatic rings. The lowest BCUT2D eigenvalue weighted by Crippen LogP contribution is -2.44. The summed E-state index contributed by atoms with van der Waals surface area (Å²) >= 11 is 11.9. The molecule has 0 N–H and O–H groups in total. The van der Waals surface area contributed by atoms with Crippen LogP contribution in [0.15, 0.2) is 18.2 Å². The molecule has 1 heterocycles. The van der Waals surface area contributed by atoms with Gasteiger partial charge in [-0.1, -0.05) is 23.2 Å². The Labute approximate surface area is 145 Å². The SMILES string of the molecule is CCOC(=O)C1CCCN(C(=O)COc2cc(Cl)ccc2Cl)C1. The standard InChI is InChI=1S/C16H19Cl2NO4/c1-2-22-16(21)11-4-3-7-19(9-11)15(20)10-23-14-8-12(17)5-6-13(14)18/h5-6,8,11H,2-4,7,9-10H2,1H3. The Morgan fingerprint density at radius 1 is 1.35 bits per heavy atom. The van der Waals surface area contributed by atoms with E-state index in [2.05, 4.69) is 0 Å². The Morgan fingerprint density at radius 2 is 2.13 bits per heavy atom. The fourth-order valence-electron chi connectivity index (χ4n) is 2.47. The molecule has 23 heavy (non-hydrogen) atoms. The molecule has 1 unspecified atom stereocenters. The van der Waals surface area contributed by atoms with Crippen molar-refractivity contribution in [3.05, 3.63) is 28.2 Å². The van der Waals surface area contributed by atoms with Crippen molar-refractivity contribution in [3.8, 4) is 5.75 Å². The molecule has 0 aromatic heterocycles. The molecule has 0 saturated carbocycles. The molecule has 1 fully saturated rings. The van der Waals surface area contributed by atoms with Crippen LogP contribution < -0.4 is 4.74 Å². The number of amides is 1. The summed E-state index contributed by atoms with van der Waals surface area (Å²) in [5, 5.41) is 0.877. The molecule has 126 valence electrons. The lowest BCUT2D eigenvalue weighted by Gasteiger charge is -2.31. The smallest absolute Gasteiger partial charge is 0.310 e. The zero-order valence-corrected chi connectivity index (χ0v) is 14.4. The minimum Gasteiger partial charge on any atom is -0.482 e. The molecule has 0 radical (unpaired) electrons. The van der Waals surface area contributed by atoms with Crippen LogP contribution in [-0.2, 0) is 14.3 Å². The third-order valence-corrected chi connectivity index (χ3v) is 4.19. The van der Waals surface area contributed by atoms with E-state index in [-0.39, 0.29) is 24.4 Å². The van der Waals surface area contributed by atoms with Crippen molar-refractivity contribution in [2.75, 3.05) is 26.3 Å². The van der Waals surface area contributed by atoms with Gasteiger partial charge >= 0.3 is 5.97 Å². The first kappa shape index (κ1) is 17.9. The van der Waals surface area contributed by atoms with E-state index >= 15 is 0 Å². The van der Waals surface area contributed by atoms with Crippen LogP contribution in [0.25, 0.3) is 0 Å². The first-order valence-corrected chi connectivity index (χ1v) is 8.29. The molecule has 0 aliphatic carbocycles. The third-order valence-electron chi connectivity index (χ3n) is 3.64.